The van der Waals surface area contributed by atoms with Crippen LogP contribution in [0.2, 0.25) is 0 Å². The van der Waals surface area contributed by atoms with E-state index in [0.717, 1.165) is 18.3 Å². The Morgan fingerprint density at radius 1 is 1.29 bits per heavy atom. The summed E-state index contributed by atoms with van der Waals surface area (Å²) < 4.78 is 0. The molecule has 0 aromatic heterocycles. The third-order valence-corrected chi connectivity index (χ3v) is 3.26. The normalized spacial score (nSPS) is 33.4. The van der Waals surface area contributed by atoms with Gasteiger partial charge in [0.1, 0.15) is 0 Å². The molecule has 80 valence electrons. The standard InChI is InChI=1S/C9H18N4S/c1-9(2,3)13-5-12-7-6(8(13)14)10-4-11-7/h6-7,10-12H,4-5H2,1-3H3. The number of fused-ring (bicyclic) bond motifs is 1. The van der Waals surface area contributed by atoms with Crippen LogP contribution in [-0.4, -0.2) is 41.0 Å². The van der Waals surface area contributed by atoms with Gasteiger partial charge in [0.05, 0.1) is 23.9 Å². The molecule has 3 N–H and O–H groups in total. The van der Waals surface area contributed by atoms with E-state index in [4.69, 9.17) is 12.2 Å². The molecule has 0 aromatic carbocycles. The molecule has 2 unspecified atom stereocenters. The second-order valence-corrected chi connectivity index (χ2v) is 5.26. The third-order valence-electron chi connectivity index (χ3n) is 2.79. The van der Waals surface area contributed by atoms with Gasteiger partial charge in [-0.15, -0.1) is 0 Å². The number of nitrogens with zero attached hydrogens (tertiary/aromatic N) is 1. The molecule has 0 radical (unpaired) electrons. The van der Waals surface area contributed by atoms with Crippen molar-refractivity contribution in [3.63, 3.8) is 0 Å². The predicted octanol–water partition coefficient (Wildman–Crippen LogP) is -0.180. The van der Waals surface area contributed by atoms with Gasteiger partial charge >= 0.3 is 0 Å². The maximum Gasteiger partial charge on any atom is 0.0996 e. The highest BCUT2D eigenvalue weighted by atomic mass is 32.1. The number of rotatable bonds is 0. The molecule has 2 atom stereocenters. The second kappa shape index (κ2) is 3.41. The highest BCUT2D eigenvalue weighted by Crippen LogP contribution is 2.19. The van der Waals surface area contributed by atoms with Crippen LogP contribution in [0.15, 0.2) is 0 Å². The number of hydrogen-bond donors (Lipinski definition) is 3. The maximum absolute atomic E-state index is 5.50. The van der Waals surface area contributed by atoms with Crippen molar-refractivity contribution in [2.45, 2.75) is 38.5 Å². The molecule has 0 aromatic rings. The van der Waals surface area contributed by atoms with Gasteiger partial charge in [0.2, 0.25) is 0 Å². The molecule has 0 bridgehead atoms. The minimum atomic E-state index is 0.0966. The molecule has 2 heterocycles. The van der Waals surface area contributed by atoms with Gasteiger partial charge in [0.25, 0.3) is 0 Å². The summed E-state index contributed by atoms with van der Waals surface area (Å²) in [6.07, 6.45) is 0.307. The van der Waals surface area contributed by atoms with E-state index in [0.29, 0.717) is 6.17 Å². The Morgan fingerprint density at radius 3 is 2.64 bits per heavy atom. The molecule has 14 heavy (non-hydrogen) atoms. The Labute approximate surface area is 90.4 Å². The fourth-order valence-corrected chi connectivity index (χ4v) is 2.50. The highest BCUT2D eigenvalue weighted by molar-refractivity contribution is 7.80. The van der Waals surface area contributed by atoms with E-state index in [1.807, 2.05) is 0 Å². The summed E-state index contributed by atoms with van der Waals surface area (Å²) in [6.45, 7) is 8.22. The molecule has 2 aliphatic heterocycles. The van der Waals surface area contributed by atoms with Crippen molar-refractivity contribution in [2.24, 2.45) is 0 Å². The van der Waals surface area contributed by atoms with E-state index >= 15 is 0 Å². The summed E-state index contributed by atoms with van der Waals surface area (Å²) in [4.78, 5) is 3.26. The topological polar surface area (TPSA) is 39.3 Å². The first kappa shape index (κ1) is 10.3. The number of nitrogens with one attached hydrogen (secondary N) is 3. The monoisotopic (exact) mass is 214 g/mol. The molecule has 2 aliphatic rings. The van der Waals surface area contributed by atoms with Crippen molar-refractivity contribution in [1.82, 2.24) is 20.9 Å². The van der Waals surface area contributed by atoms with Gasteiger partial charge in [0, 0.05) is 12.2 Å². The van der Waals surface area contributed by atoms with Gasteiger partial charge in [-0.1, -0.05) is 12.2 Å². The van der Waals surface area contributed by atoms with Crippen molar-refractivity contribution in [2.75, 3.05) is 13.3 Å². The van der Waals surface area contributed by atoms with E-state index in [-0.39, 0.29) is 11.6 Å². The summed E-state index contributed by atoms with van der Waals surface area (Å²) in [6, 6.07) is 0.262. The fraction of sp³-hybridized carbons (Fsp3) is 0.889. The van der Waals surface area contributed by atoms with E-state index in [1.165, 1.54) is 0 Å². The maximum atomic E-state index is 5.50. The summed E-state index contributed by atoms with van der Waals surface area (Å²) in [5.41, 5.74) is 0.0966. The Balaban J connectivity index is 2.13. The summed E-state index contributed by atoms with van der Waals surface area (Å²) >= 11 is 5.50. The molecule has 0 spiro atoms. The van der Waals surface area contributed by atoms with Crippen molar-refractivity contribution in [1.29, 1.82) is 0 Å². The molecule has 2 rings (SSSR count). The molecule has 0 saturated carbocycles. The van der Waals surface area contributed by atoms with Crippen LogP contribution in [0.4, 0.5) is 0 Å². The minimum Gasteiger partial charge on any atom is -0.347 e. The average Bonchev–Trinajstić information content (AvgIpc) is 2.50. The van der Waals surface area contributed by atoms with Crippen LogP contribution in [0.3, 0.4) is 0 Å². The summed E-state index contributed by atoms with van der Waals surface area (Å²) in [7, 11) is 0. The molecule has 2 fully saturated rings. The van der Waals surface area contributed by atoms with Crippen LogP contribution in [0.1, 0.15) is 20.8 Å². The zero-order valence-electron chi connectivity index (χ0n) is 8.92. The van der Waals surface area contributed by atoms with Crippen molar-refractivity contribution in [3.05, 3.63) is 0 Å². The molecule has 0 aliphatic carbocycles. The van der Waals surface area contributed by atoms with Crippen LogP contribution in [0, 0.1) is 0 Å². The first-order valence-corrected chi connectivity index (χ1v) is 5.42. The minimum absolute atomic E-state index is 0.0966. The molecular weight excluding hydrogens is 196 g/mol. The van der Waals surface area contributed by atoms with E-state index in [9.17, 15) is 0 Å². The number of thiocarbonyl (C=S) groups is 1. The first-order valence-electron chi connectivity index (χ1n) is 5.02. The van der Waals surface area contributed by atoms with Crippen LogP contribution in [0.5, 0.6) is 0 Å². The Hall–Kier alpha value is -0.230. The van der Waals surface area contributed by atoms with Crippen molar-refractivity contribution < 1.29 is 0 Å². The van der Waals surface area contributed by atoms with E-state index < -0.39 is 0 Å². The lowest BCUT2D eigenvalue weighted by Gasteiger charge is -2.45. The van der Waals surface area contributed by atoms with E-state index in [2.05, 4.69) is 41.6 Å². The molecule has 5 heteroatoms. The fourth-order valence-electron chi connectivity index (χ4n) is 1.94. The Morgan fingerprint density at radius 2 is 2.00 bits per heavy atom. The van der Waals surface area contributed by atoms with Gasteiger partial charge in [-0.05, 0) is 20.8 Å². The average molecular weight is 214 g/mol. The van der Waals surface area contributed by atoms with Gasteiger partial charge in [-0.25, -0.2) is 0 Å². The van der Waals surface area contributed by atoms with Gasteiger partial charge < -0.3 is 4.90 Å². The van der Waals surface area contributed by atoms with Crippen LogP contribution in [0.25, 0.3) is 0 Å². The predicted molar refractivity (Wildman–Crippen MR) is 60.9 cm³/mol. The lowest BCUT2D eigenvalue weighted by atomic mass is 10.0. The Bertz CT molecular complexity index is 248. The van der Waals surface area contributed by atoms with Crippen molar-refractivity contribution >= 4 is 17.2 Å². The zero-order chi connectivity index (χ0) is 10.3. The van der Waals surface area contributed by atoms with Crippen LogP contribution < -0.4 is 16.0 Å². The second-order valence-electron chi connectivity index (χ2n) is 4.84. The van der Waals surface area contributed by atoms with Gasteiger partial charge in [0.15, 0.2) is 0 Å². The lowest BCUT2D eigenvalue weighted by molar-refractivity contribution is 0.183. The zero-order valence-corrected chi connectivity index (χ0v) is 9.74. The third kappa shape index (κ3) is 1.65. The van der Waals surface area contributed by atoms with Gasteiger partial charge in [-0.2, -0.15) is 0 Å². The molecule has 2 saturated heterocycles. The summed E-state index contributed by atoms with van der Waals surface area (Å²) in [5, 5.41) is 10.1. The van der Waals surface area contributed by atoms with E-state index in [1.54, 1.807) is 0 Å². The SMILES string of the molecule is CC(C)(C)N1CNC2NCNC2C1=S. The molecule has 4 nitrogen and oxygen atoms in total. The lowest BCUT2D eigenvalue weighted by Crippen LogP contribution is -2.66. The van der Waals surface area contributed by atoms with Gasteiger partial charge in [-0.3, -0.25) is 16.0 Å². The Kier molecular flexibility index (Phi) is 2.51. The van der Waals surface area contributed by atoms with Crippen LogP contribution >= 0.6 is 12.2 Å². The molecule has 0 amide bonds. The highest BCUT2D eigenvalue weighted by Gasteiger charge is 2.39. The smallest absolute Gasteiger partial charge is 0.0996 e. The number of hydrogen-bond acceptors (Lipinski definition) is 4. The van der Waals surface area contributed by atoms with Crippen molar-refractivity contribution in [3.8, 4) is 0 Å². The van der Waals surface area contributed by atoms with Crippen LogP contribution in [-0.2, 0) is 0 Å². The summed E-state index contributed by atoms with van der Waals surface area (Å²) in [5.74, 6) is 0. The largest absolute Gasteiger partial charge is 0.347 e. The quantitative estimate of drug-likeness (QED) is 0.488. The first-order chi connectivity index (χ1) is 6.50. The molecular formula is C9H18N4S.